The molecule has 2 heterocycles. The number of aromatic nitrogens is 4. The normalized spacial score (nSPS) is 12.4. The summed E-state index contributed by atoms with van der Waals surface area (Å²) >= 11 is 1.77. The first-order chi connectivity index (χ1) is 12.2. The van der Waals surface area contributed by atoms with E-state index in [0.717, 1.165) is 34.7 Å². The van der Waals surface area contributed by atoms with Gasteiger partial charge in [-0.2, -0.15) is 16.9 Å². The molecule has 132 valence electrons. The number of carbonyl (C=O) groups is 1. The molecule has 0 fully saturated rings. The summed E-state index contributed by atoms with van der Waals surface area (Å²) in [5.74, 6) is 1.82. The zero-order valence-corrected chi connectivity index (χ0v) is 15.3. The molecule has 1 amide bonds. The number of H-pyrrole nitrogens is 1. The summed E-state index contributed by atoms with van der Waals surface area (Å²) in [6, 6.07) is 9.77. The highest BCUT2D eigenvalue weighted by Crippen LogP contribution is 2.20. The van der Waals surface area contributed by atoms with E-state index in [9.17, 15) is 4.79 Å². The van der Waals surface area contributed by atoms with E-state index in [4.69, 9.17) is 0 Å². The van der Waals surface area contributed by atoms with E-state index in [2.05, 4.69) is 26.6 Å². The zero-order valence-electron chi connectivity index (χ0n) is 14.5. The van der Waals surface area contributed by atoms with Crippen molar-refractivity contribution in [2.45, 2.75) is 25.3 Å². The molecular weight excluding hydrogens is 334 g/mol. The van der Waals surface area contributed by atoms with Crippen molar-refractivity contribution in [3.63, 3.8) is 0 Å². The second kappa shape index (κ2) is 8.20. The van der Waals surface area contributed by atoms with Gasteiger partial charge in [-0.15, -0.1) is 0 Å². The summed E-state index contributed by atoms with van der Waals surface area (Å²) < 4.78 is 1.80. The number of amides is 1. The summed E-state index contributed by atoms with van der Waals surface area (Å²) in [6.45, 7) is 0. The monoisotopic (exact) mass is 357 g/mol. The number of nitrogens with one attached hydrogen (secondary N) is 2. The molecule has 0 aliphatic heterocycles. The molecular formula is C18H23N5OS. The number of carbonyl (C=O) groups excluding carboxylic acids is 1. The highest BCUT2D eigenvalue weighted by atomic mass is 32.2. The number of aromatic amines is 1. The lowest BCUT2D eigenvalue weighted by atomic mass is 10.2. The minimum Gasteiger partial charge on any atom is -0.346 e. The smallest absolute Gasteiger partial charge is 0.220 e. The third-order valence-corrected chi connectivity index (χ3v) is 4.86. The lowest BCUT2D eigenvalue weighted by Gasteiger charge is -2.16. The third-order valence-electron chi connectivity index (χ3n) is 4.21. The summed E-state index contributed by atoms with van der Waals surface area (Å²) in [5.41, 5.74) is 2.98. The molecule has 0 bridgehead atoms. The molecule has 0 spiro atoms. The minimum absolute atomic E-state index is 0.0350. The van der Waals surface area contributed by atoms with Crippen LogP contribution < -0.4 is 5.32 Å². The number of aryl methyl sites for hydroxylation is 2. The molecule has 0 unspecified atom stereocenters. The van der Waals surface area contributed by atoms with E-state index in [1.165, 1.54) is 0 Å². The Kier molecular flexibility index (Phi) is 5.75. The van der Waals surface area contributed by atoms with Crippen molar-refractivity contribution >= 4 is 28.7 Å². The summed E-state index contributed by atoms with van der Waals surface area (Å²) in [7, 11) is 1.89. The molecule has 7 heteroatoms. The van der Waals surface area contributed by atoms with Gasteiger partial charge in [0.15, 0.2) is 0 Å². The van der Waals surface area contributed by atoms with Crippen molar-refractivity contribution < 1.29 is 4.79 Å². The molecule has 1 atom stereocenters. The van der Waals surface area contributed by atoms with Gasteiger partial charge in [-0.25, -0.2) is 4.98 Å². The predicted molar refractivity (Wildman–Crippen MR) is 102 cm³/mol. The fraction of sp³-hybridized carbons (Fsp3) is 0.389. The van der Waals surface area contributed by atoms with Crippen LogP contribution in [0.15, 0.2) is 36.5 Å². The van der Waals surface area contributed by atoms with Crippen LogP contribution in [0.25, 0.3) is 11.0 Å². The van der Waals surface area contributed by atoms with E-state index in [1.807, 2.05) is 37.4 Å². The number of para-hydroxylation sites is 2. The summed E-state index contributed by atoms with van der Waals surface area (Å²) in [6.07, 6.45) is 5.79. The minimum atomic E-state index is -0.0983. The van der Waals surface area contributed by atoms with Gasteiger partial charge in [0.05, 0.1) is 17.1 Å². The molecule has 3 aromatic rings. The van der Waals surface area contributed by atoms with E-state index in [-0.39, 0.29) is 11.9 Å². The fourth-order valence-corrected chi connectivity index (χ4v) is 3.28. The molecule has 0 aliphatic carbocycles. The van der Waals surface area contributed by atoms with Gasteiger partial charge in [-0.1, -0.05) is 12.1 Å². The van der Waals surface area contributed by atoms with E-state index >= 15 is 0 Å². The van der Waals surface area contributed by atoms with Crippen LogP contribution in [0, 0.1) is 0 Å². The molecule has 2 N–H and O–H groups in total. The number of hydrogen-bond donors (Lipinski definition) is 2. The topological polar surface area (TPSA) is 75.6 Å². The Morgan fingerprint density at radius 1 is 1.36 bits per heavy atom. The first kappa shape index (κ1) is 17.5. The van der Waals surface area contributed by atoms with Gasteiger partial charge in [-0.3, -0.25) is 9.48 Å². The summed E-state index contributed by atoms with van der Waals surface area (Å²) in [5, 5.41) is 7.27. The molecule has 0 saturated heterocycles. The van der Waals surface area contributed by atoms with Crippen LogP contribution in [-0.4, -0.2) is 37.7 Å². The number of rotatable bonds is 8. The maximum absolute atomic E-state index is 12.4. The van der Waals surface area contributed by atoms with Crippen LogP contribution in [0.4, 0.5) is 0 Å². The van der Waals surface area contributed by atoms with Crippen molar-refractivity contribution in [2.24, 2.45) is 7.05 Å². The third kappa shape index (κ3) is 4.42. The molecule has 25 heavy (non-hydrogen) atoms. The van der Waals surface area contributed by atoms with Gasteiger partial charge in [0, 0.05) is 25.4 Å². The van der Waals surface area contributed by atoms with Gasteiger partial charge < -0.3 is 10.3 Å². The second-order valence-electron chi connectivity index (χ2n) is 5.99. The fourth-order valence-electron chi connectivity index (χ4n) is 2.81. The van der Waals surface area contributed by atoms with Crippen LogP contribution >= 0.6 is 11.8 Å². The highest BCUT2D eigenvalue weighted by Gasteiger charge is 2.18. The van der Waals surface area contributed by atoms with Crippen LogP contribution in [0.2, 0.25) is 0 Å². The Labute approximate surface area is 151 Å². The Hall–Kier alpha value is -2.28. The number of benzene rings is 1. The van der Waals surface area contributed by atoms with E-state index in [0.29, 0.717) is 12.8 Å². The maximum atomic E-state index is 12.4. The van der Waals surface area contributed by atoms with Crippen molar-refractivity contribution in [3.05, 3.63) is 48.0 Å². The average Bonchev–Trinajstić information content (AvgIpc) is 3.22. The maximum Gasteiger partial charge on any atom is 0.220 e. The molecule has 2 aromatic heterocycles. The molecule has 0 aliphatic rings. The van der Waals surface area contributed by atoms with Crippen LogP contribution in [0.3, 0.4) is 0 Å². The Balaban J connectivity index is 1.67. The highest BCUT2D eigenvalue weighted by molar-refractivity contribution is 7.98. The van der Waals surface area contributed by atoms with Crippen LogP contribution in [0.5, 0.6) is 0 Å². The van der Waals surface area contributed by atoms with Gasteiger partial charge in [0.1, 0.15) is 5.82 Å². The molecule has 0 radical (unpaired) electrons. The quantitative estimate of drug-likeness (QED) is 0.650. The Bertz CT molecular complexity index is 808. The van der Waals surface area contributed by atoms with Crippen molar-refractivity contribution in [1.82, 2.24) is 25.1 Å². The number of hydrogen-bond acceptors (Lipinski definition) is 4. The number of nitrogens with zero attached hydrogens (tertiary/aromatic N) is 3. The Morgan fingerprint density at radius 3 is 2.92 bits per heavy atom. The number of fused-ring (bicyclic) bond motifs is 1. The van der Waals surface area contributed by atoms with Crippen molar-refractivity contribution in [3.8, 4) is 0 Å². The van der Waals surface area contributed by atoms with Gasteiger partial charge in [0.2, 0.25) is 5.91 Å². The standard InChI is InChI=1S/C18H23N5OS/c1-23-13(9-11-19-23)7-8-17(24)20-16(10-12-25-2)18-21-14-5-3-4-6-15(14)22-18/h3-6,9,11,16H,7-8,10,12H2,1-2H3,(H,20,24)(H,21,22)/t16-/m0/s1. The summed E-state index contributed by atoms with van der Waals surface area (Å²) in [4.78, 5) is 20.4. The average molecular weight is 357 g/mol. The second-order valence-corrected chi connectivity index (χ2v) is 6.97. The molecule has 6 nitrogen and oxygen atoms in total. The number of thioether (sulfide) groups is 1. The zero-order chi connectivity index (χ0) is 17.6. The first-order valence-corrected chi connectivity index (χ1v) is 9.76. The van der Waals surface area contributed by atoms with Crippen molar-refractivity contribution in [2.75, 3.05) is 12.0 Å². The number of imidazole rings is 1. The van der Waals surface area contributed by atoms with Crippen molar-refractivity contribution in [1.29, 1.82) is 0 Å². The van der Waals surface area contributed by atoms with E-state index in [1.54, 1.807) is 22.6 Å². The van der Waals surface area contributed by atoms with E-state index < -0.39 is 0 Å². The van der Waals surface area contributed by atoms with Crippen LogP contribution in [0.1, 0.15) is 30.4 Å². The SMILES string of the molecule is CSCC[C@H](NC(=O)CCc1ccnn1C)c1nc2ccccc2[nH]1. The first-order valence-electron chi connectivity index (χ1n) is 8.37. The van der Waals surface area contributed by atoms with Gasteiger partial charge in [-0.05, 0) is 43.0 Å². The molecule has 3 rings (SSSR count). The molecule has 1 aromatic carbocycles. The predicted octanol–water partition coefficient (Wildman–Crippen LogP) is 2.84. The largest absolute Gasteiger partial charge is 0.346 e. The lowest BCUT2D eigenvalue weighted by molar-refractivity contribution is -0.121. The lowest BCUT2D eigenvalue weighted by Crippen LogP contribution is -2.30. The van der Waals surface area contributed by atoms with Crippen LogP contribution in [-0.2, 0) is 18.3 Å². The van der Waals surface area contributed by atoms with Gasteiger partial charge in [0.25, 0.3) is 0 Å². The Morgan fingerprint density at radius 2 is 2.20 bits per heavy atom. The van der Waals surface area contributed by atoms with Gasteiger partial charge >= 0.3 is 0 Å². The molecule has 0 saturated carbocycles.